The first-order valence-corrected chi connectivity index (χ1v) is 4.45. The van der Waals surface area contributed by atoms with Gasteiger partial charge in [-0.2, -0.15) is 4.37 Å². The molecule has 0 N–H and O–H groups in total. The van der Waals surface area contributed by atoms with E-state index in [0.29, 0.717) is 10.6 Å². The minimum atomic E-state index is 0.574. The summed E-state index contributed by atoms with van der Waals surface area (Å²) in [5.41, 5.74) is 0.611. The lowest BCUT2D eigenvalue weighted by atomic mass is 10.2. The predicted molar refractivity (Wildman–Crippen MR) is 50.0 cm³/mol. The third-order valence-electron chi connectivity index (χ3n) is 1.57. The first-order chi connectivity index (χ1) is 5.81. The Morgan fingerprint density at radius 2 is 2.33 bits per heavy atom. The van der Waals surface area contributed by atoms with Crippen LogP contribution in [0, 0.1) is 0 Å². The Hall–Kier alpha value is -0.930. The summed E-state index contributed by atoms with van der Waals surface area (Å²) in [4.78, 5) is 10.6. The van der Waals surface area contributed by atoms with Gasteiger partial charge in [0.25, 0.3) is 0 Å². The van der Waals surface area contributed by atoms with E-state index in [1.807, 2.05) is 0 Å². The van der Waals surface area contributed by atoms with Crippen molar-refractivity contribution >= 4 is 39.5 Å². The van der Waals surface area contributed by atoms with Gasteiger partial charge in [-0.05, 0) is 23.7 Å². The Balaban J connectivity index is 2.88. The molecule has 0 spiro atoms. The van der Waals surface area contributed by atoms with E-state index in [-0.39, 0.29) is 0 Å². The van der Waals surface area contributed by atoms with Gasteiger partial charge in [0.1, 0.15) is 0 Å². The molecule has 1 aromatic heterocycles. The van der Waals surface area contributed by atoms with Gasteiger partial charge in [-0.3, -0.25) is 4.79 Å². The molecule has 0 aliphatic carbocycles. The van der Waals surface area contributed by atoms with E-state index in [9.17, 15) is 4.79 Å². The molecule has 0 bridgehead atoms. The van der Waals surface area contributed by atoms with Crippen molar-refractivity contribution < 1.29 is 4.79 Å². The van der Waals surface area contributed by atoms with Crippen molar-refractivity contribution in [2.75, 3.05) is 0 Å². The van der Waals surface area contributed by atoms with Gasteiger partial charge in [-0.25, -0.2) is 0 Å². The molecule has 2 aromatic rings. The maximum atomic E-state index is 10.6. The minimum absolute atomic E-state index is 0.574. The van der Waals surface area contributed by atoms with E-state index in [1.165, 1.54) is 11.5 Å². The Kier molecular flexibility index (Phi) is 1.83. The lowest BCUT2D eigenvalue weighted by Crippen LogP contribution is -1.78. The molecule has 0 saturated heterocycles. The van der Waals surface area contributed by atoms with Crippen molar-refractivity contribution in [1.29, 1.82) is 0 Å². The number of carbonyl (C=O) groups excluding carboxylic acids is 1. The van der Waals surface area contributed by atoms with Gasteiger partial charge in [0.15, 0.2) is 6.29 Å². The molecule has 2 rings (SSSR count). The Bertz CT molecular complexity index is 438. The average Bonchev–Trinajstić information content (AvgIpc) is 2.50. The molecule has 0 aliphatic rings. The van der Waals surface area contributed by atoms with Crippen LogP contribution in [0.1, 0.15) is 10.4 Å². The Labute approximate surface area is 77.9 Å². The minimum Gasteiger partial charge on any atom is -0.298 e. The van der Waals surface area contributed by atoms with Crippen LogP contribution in [0.25, 0.3) is 10.1 Å². The Morgan fingerprint density at radius 1 is 1.50 bits per heavy atom. The zero-order valence-electron chi connectivity index (χ0n) is 5.95. The SMILES string of the molecule is O=Cc1cc(Cl)cc2cnsc12. The number of halogens is 1. The Morgan fingerprint density at radius 3 is 3.08 bits per heavy atom. The van der Waals surface area contributed by atoms with Crippen LogP contribution in [0.15, 0.2) is 18.3 Å². The molecule has 0 amide bonds. The lowest BCUT2D eigenvalue weighted by molar-refractivity contribution is 0.112. The number of carbonyl (C=O) groups is 1. The fourth-order valence-electron chi connectivity index (χ4n) is 1.06. The smallest absolute Gasteiger partial charge is 0.151 e. The monoisotopic (exact) mass is 197 g/mol. The number of benzene rings is 1. The number of hydrogen-bond acceptors (Lipinski definition) is 3. The highest BCUT2D eigenvalue weighted by molar-refractivity contribution is 7.13. The molecule has 12 heavy (non-hydrogen) atoms. The van der Waals surface area contributed by atoms with Crippen LogP contribution in [-0.4, -0.2) is 10.7 Å². The summed E-state index contributed by atoms with van der Waals surface area (Å²) in [7, 11) is 0. The molecular formula is C8H4ClNOS. The maximum absolute atomic E-state index is 10.6. The zero-order valence-corrected chi connectivity index (χ0v) is 7.52. The first-order valence-electron chi connectivity index (χ1n) is 3.30. The van der Waals surface area contributed by atoms with Crippen LogP contribution < -0.4 is 0 Å². The van der Waals surface area contributed by atoms with Crippen molar-refractivity contribution in [3.8, 4) is 0 Å². The lowest BCUT2D eigenvalue weighted by Gasteiger charge is -1.93. The molecule has 0 unspecified atom stereocenters. The van der Waals surface area contributed by atoms with Gasteiger partial charge < -0.3 is 0 Å². The van der Waals surface area contributed by atoms with E-state index in [4.69, 9.17) is 11.6 Å². The fourth-order valence-corrected chi connectivity index (χ4v) is 2.00. The first kappa shape index (κ1) is 7.71. The van der Waals surface area contributed by atoms with E-state index in [2.05, 4.69) is 4.37 Å². The second-order valence-corrected chi connectivity index (χ2v) is 3.60. The number of hydrogen-bond donors (Lipinski definition) is 0. The van der Waals surface area contributed by atoms with Crippen LogP contribution in [0.2, 0.25) is 5.02 Å². The molecule has 0 radical (unpaired) electrons. The van der Waals surface area contributed by atoms with Gasteiger partial charge >= 0.3 is 0 Å². The van der Waals surface area contributed by atoms with Crippen molar-refractivity contribution in [3.63, 3.8) is 0 Å². The summed E-state index contributed by atoms with van der Waals surface area (Å²) >= 11 is 7.08. The summed E-state index contributed by atoms with van der Waals surface area (Å²) in [5.74, 6) is 0. The van der Waals surface area contributed by atoms with Gasteiger partial charge in [0, 0.05) is 22.2 Å². The molecule has 2 nitrogen and oxygen atoms in total. The molecule has 60 valence electrons. The molecule has 0 fully saturated rings. The van der Waals surface area contributed by atoms with Crippen molar-refractivity contribution in [1.82, 2.24) is 4.37 Å². The highest BCUT2D eigenvalue weighted by Gasteiger charge is 2.03. The third-order valence-corrected chi connectivity index (χ3v) is 2.66. The molecule has 0 saturated carbocycles. The maximum Gasteiger partial charge on any atom is 0.151 e. The van der Waals surface area contributed by atoms with Crippen LogP contribution in [0.5, 0.6) is 0 Å². The topological polar surface area (TPSA) is 30.0 Å². The van der Waals surface area contributed by atoms with Crippen LogP contribution in [0.3, 0.4) is 0 Å². The molecular weight excluding hydrogens is 194 g/mol. The highest BCUT2D eigenvalue weighted by atomic mass is 35.5. The van der Waals surface area contributed by atoms with Gasteiger partial charge in [0.2, 0.25) is 0 Å². The number of aromatic nitrogens is 1. The number of aldehydes is 1. The zero-order chi connectivity index (χ0) is 8.55. The summed E-state index contributed by atoms with van der Waals surface area (Å²) in [6, 6.07) is 3.45. The van der Waals surface area contributed by atoms with Crippen molar-refractivity contribution in [3.05, 3.63) is 28.9 Å². The summed E-state index contributed by atoms with van der Waals surface area (Å²) in [6.07, 6.45) is 2.51. The second kappa shape index (κ2) is 2.84. The summed E-state index contributed by atoms with van der Waals surface area (Å²) in [6.45, 7) is 0. The van der Waals surface area contributed by atoms with E-state index in [0.717, 1.165) is 16.4 Å². The van der Waals surface area contributed by atoms with Gasteiger partial charge in [-0.15, -0.1) is 0 Å². The second-order valence-electron chi connectivity index (χ2n) is 2.36. The largest absolute Gasteiger partial charge is 0.298 e. The third kappa shape index (κ3) is 1.11. The normalized spacial score (nSPS) is 10.4. The fraction of sp³-hybridized carbons (Fsp3) is 0. The number of rotatable bonds is 1. The van der Waals surface area contributed by atoms with Gasteiger partial charge in [-0.1, -0.05) is 11.6 Å². The van der Waals surface area contributed by atoms with Crippen LogP contribution in [0.4, 0.5) is 0 Å². The molecule has 1 heterocycles. The molecule has 4 heteroatoms. The van der Waals surface area contributed by atoms with Crippen LogP contribution in [-0.2, 0) is 0 Å². The number of nitrogens with zero attached hydrogens (tertiary/aromatic N) is 1. The molecule has 0 aliphatic heterocycles. The average molecular weight is 198 g/mol. The summed E-state index contributed by atoms with van der Waals surface area (Å²) < 4.78 is 4.87. The predicted octanol–water partition coefficient (Wildman–Crippen LogP) is 2.76. The summed E-state index contributed by atoms with van der Waals surface area (Å²) in [5, 5.41) is 1.50. The standard InChI is InChI=1S/C8H4ClNOS/c9-7-1-5-3-10-12-8(5)6(2-7)4-11/h1-4H. The van der Waals surface area contributed by atoms with E-state index in [1.54, 1.807) is 18.3 Å². The van der Waals surface area contributed by atoms with E-state index >= 15 is 0 Å². The van der Waals surface area contributed by atoms with Crippen molar-refractivity contribution in [2.45, 2.75) is 0 Å². The van der Waals surface area contributed by atoms with Gasteiger partial charge in [0.05, 0.1) is 4.70 Å². The molecule has 0 atom stereocenters. The van der Waals surface area contributed by atoms with Crippen molar-refractivity contribution in [2.24, 2.45) is 0 Å². The highest BCUT2D eigenvalue weighted by Crippen LogP contribution is 2.25. The van der Waals surface area contributed by atoms with Crippen LogP contribution >= 0.6 is 23.1 Å². The molecule has 1 aromatic carbocycles. The number of fused-ring (bicyclic) bond motifs is 1. The van der Waals surface area contributed by atoms with E-state index < -0.39 is 0 Å². The quantitative estimate of drug-likeness (QED) is 0.658.